The summed E-state index contributed by atoms with van der Waals surface area (Å²) in [5.74, 6) is 1.02. The lowest BCUT2D eigenvalue weighted by atomic mass is 9.96. The number of carboxylic acid groups (broad SMARTS) is 1. The summed E-state index contributed by atoms with van der Waals surface area (Å²) < 4.78 is 19.6. The van der Waals surface area contributed by atoms with Crippen molar-refractivity contribution in [2.45, 2.75) is 33.2 Å². The van der Waals surface area contributed by atoms with Crippen LogP contribution in [0.15, 0.2) is 73.1 Å². The number of nitrogens with zero attached hydrogens (tertiary/aromatic N) is 3. The molecule has 0 amide bonds. The standard InChI is InChI=1S/C28H30IN3O4S2.C2H6/c1-4-7-20(25(16-27(33)34)31-10-12-38(35)13-11-31)14-19(2)21-15-23-24(18-32(37-29)28(23)30-17-21)22-8-5-6-9-26(22)36-3;1-2/h4-9,14-15,17-18,25H,2,10-13,16H2,1,3H3,(H,33,34);1-2H3/b7-4-,20-14+;. The summed E-state index contributed by atoms with van der Waals surface area (Å²) in [6, 6.07) is 9.64. The second kappa shape index (κ2) is 15.6. The third-order valence-corrected chi connectivity index (χ3v) is 9.54. The molecule has 0 radical (unpaired) electrons. The van der Waals surface area contributed by atoms with Crippen LogP contribution >= 0.6 is 30.3 Å². The van der Waals surface area contributed by atoms with E-state index in [2.05, 4.69) is 44.9 Å². The summed E-state index contributed by atoms with van der Waals surface area (Å²) in [6.45, 7) is 11.4. The molecule has 1 saturated heterocycles. The monoisotopic (exact) mass is 693 g/mol. The number of pyridine rings is 1. The Morgan fingerprint density at radius 1 is 1.27 bits per heavy atom. The van der Waals surface area contributed by atoms with Crippen molar-refractivity contribution in [2.24, 2.45) is 0 Å². The molecule has 1 aliphatic rings. The molecule has 2 aromatic heterocycles. The van der Waals surface area contributed by atoms with Gasteiger partial charge in [0.1, 0.15) is 5.75 Å². The van der Waals surface area contributed by atoms with Crippen LogP contribution in [0.2, 0.25) is 0 Å². The van der Waals surface area contributed by atoms with Crippen molar-refractivity contribution < 1.29 is 18.8 Å². The van der Waals surface area contributed by atoms with E-state index in [1.807, 2.05) is 67.2 Å². The van der Waals surface area contributed by atoms with Gasteiger partial charge in [-0.15, -0.1) is 0 Å². The molecule has 0 spiro atoms. The number of carbonyl (C=O) groups is 1. The van der Waals surface area contributed by atoms with Crippen LogP contribution in [0.25, 0.3) is 27.7 Å². The Morgan fingerprint density at radius 3 is 2.60 bits per heavy atom. The van der Waals surface area contributed by atoms with Gasteiger partial charge in [0.2, 0.25) is 0 Å². The molecular formula is C30H36IN3O4S2. The first-order chi connectivity index (χ1) is 19.4. The van der Waals surface area contributed by atoms with E-state index in [9.17, 15) is 14.1 Å². The van der Waals surface area contributed by atoms with Crippen molar-refractivity contribution in [2.75, 3.05) is 31.7 Å². The highest BCUT2D eigenvalue weighted by Gasteiger charge is 2.27. The lowest BCUT2D eigenvalue weighted by Gasteiger charge is -2.34. The van der Waals surface area contributed by atoms with Crippen LogP contribution in [0, 0.1) is 0 Å². The van der Waals surface area contributed by atoms with Crippen LogP contribution in [0.5, 0.6) is 5.75 Å². The van der Waals surface area contributed by atoms with Crippen LogP contribution in [0.1, 0.15) is 32.8 Å². The Bertz CT molecular complexity index is 1420. The Hall–Kier alpha value is -2.41. The van der Waals surface area contributed by atoms with Gasteiger partial charge in [0.05, 0.1) is 13.5 Å². The molecule has 3 aromatic rings. The number of benzene rings is 1. The largest absolute Gasteiger partial charge is 0.496 e. The molecule has 1 aromatic carbocycles. The fourth-order valence-corrected chi connectivity index (χ4v) is 7.05. The van der Waals surface area contributed by atoms with Gasteiger partial charge >= 0.3 is 5.97 Å². The van der Waals surface area contributed by atoms with Crippen LogP contribution in [0.4, 0.5) is 0 Å². The SMILES string of the molecule is C=C(/C=C(\C=C/C)C(CC(=O)O)N1CCS(=O)CC1)c1cnc2c(c1)c(-c1ccccc1OC)cn2SI.CC. The van der Waals surface area contributed by atoms with Gasteiger partial charge in [0, 0.05) is 106 Å². The number of para-hydroxylation sites is 1. The van der Waals surface area contributed by atoms with Crippen molar-refractivity contribution in [3.8, 4) is 16.9 Å². The number of rotatable bonds is 10. The van der Waals surface area contributed by atoms with Crippen LogP contribution in [0.3, 0.4) is 0 Å². The van der Waals surface area contributed by atoms with Crippen molar-refractivity contribution >= 4 is 63.7 Å². The van der Waals surface area contributed by atoms with Gasteiger partial charge in [0.15, 0.2) is 5.65 Å². The first-order valence-electron chi connectivity index (χ1n) is 13.1. The summed E-state index contributed by atoms with van der Waals surface area (Å²) in [6.07, 6.45) is 9.63. The average Bonchev–Trinajstić information content (AvgIpc) is 3.35. The highest BCUT2D eigenvalue weighted by atomic mass is 127. The van der Waals surface area contributed by atoms with Gasteiger partial charge in [-0.05, 0) is 30.2 Å². The number of hydrogen-bond donors (Lipinski definition) is 1. The third-order valence-electron chi connectivity index (χ3n) is 6.56. The van der Waals surface area contributed by atoms with Gasteiger partial charge in [0.25, 0.3) is 0 Å². The fourth-order valence-electron chi connectivity index (χ4n) is 4.71. The zero-order valence-corrected chi connectivity index (χ0v) is 27.1. The van der Waals surface area contributed by atoms with Gasteiger partial charge < -0.3 is 9.84 Å². The van der Waals surface area contributed by atoms with E-state index in [1.165, 1.54) is 0 Å². The van der Waals surface area contributed by atoms with Gasteiger partial charge in [-0.2, -0.15) is 0 Å². The van der Waals surface area contributed by atoms with Gasteiger partial charge in [-0.1, -0.05) is 56.9 Å². The number of hydrogen-bond acceptors (Lipinski definition) is 6. The molecule has 0 aliphatic carbocycles. The Morgan fingerprint density at radius 2 is 1.98 bits per heavy atom. The lowest BCUT2D eigenvalue weighted by Crippen LogP contribution is -2.46. The predicted molar refractivity (Wildman–Crippen MR) is 177 cm³/mol. The molecule has 1 unspecified atom stereocenters. The number of aromatic nitrogens is 2. The highest BCUT2D eigenvalue weighted by Crippen LogP contribution is 2.39. The Kier molecular flexibility index (Phi) is 12.5. The summed E-state index contributed by atoms with van der Waals surface area (Å²) in [4.78, 5) is 18.7. The van der Waals surface area contributed by atoms with E-state index in [1.54, 1.807) is 22.4 Å². The second-order valence-corrected chi connectivity index (χ2v) is 12.3. The maximum atomic E-state index is 11.9. The molecule has 1 fully saturated rings. The van der Waals surface area contributed by atoms with Crippen molar-refractivity contribution in [1.29, 1.82) is 0 Å². The first kappa shape index (κ1) is 32.1. The molecular weight excluding hydrogens is 657 g/mol. The van der Waals surface area contributed by atoms with E-state index in [4.69, 9.17) is 9.72 Å². The number of allylic oxidation sites excluding steroid dienone is 3. The topological polar surface area (TPSA) is 84.7 Å². The molecule has 7 nitrogen and oxygen atoms in total. The number of fused-ring (bicyclic) bond motifs is 1. The predicted octanol–water partition coefficient (Wildman–Crippen LogP) is 7.01. The Balaban J connectivity index is 0.00000216. The van der Waals surface area contributed by atoms with Crippen molar-refractivity contribution in [3.63, 3.8) is 0 Å². The highest BCUT2D eigenvalue weighted by molar-refractivity contribution is 14.2. The molecule has 1 N–H and O–H groups in total. The third kappa shape index (κ3) is 7.65. The first-order valence-corrected chi connectivity index (χ1v) is 17.9. The smallest absolute Gasteiger partial charge is 0.305 e. The van der Waals surface area contributed by atoms with Crippen LogP contribution in [-0.2, 0) is 15.6 Å². The summed E-state index contributed by atoms with van der Waals surface area (Å²) in [7, 11) is 2.36. The van der Waals surface area contributed by atoms with E-state index < -0.39 is 16.8 Å². The second-order valence-electron chi connectivity index (χ2n) is 8.90. The lowest BCUT2D eigenvalue weighted by molar-refractivity contribution is -0.138. The number of halogens is 1. The van der Waals surface area contributed by atoms with E-state index in [-0.39, 0.29) is 12.5 Å². The molecule has 214 valence electrons. The minimum atomic E-state index is -0.870. The zero-order chi connectivity index (χ0) is 29.2. The van der Waals surface area contributed by atoms with Crippen LogP contribution < -0.4 is 4.74 Å². The van der Waals surface area contributed by atoms with Gasteiger partial charge in [-0.25, -0.2) is 4.98 Å². The molecule has 0 saturated carbocycles. The molecule has 1 aliphatic heterocycles. The maximum absolute atomic E-state index is 11.9. The number of carboxylic acids is 1. The molecule has 4 rings (SSSR count). The molecule has 10 heteroatoms. The van der Waals surface area contributed by atoms with Crippen molar-refractivity contribution in [3.05, 3.63) is 78.7 Å². The maximum Gasteiger partial charge on any atom is 0.305 e. The molecule has 3 heterocycles. The van der Waals surface area contributed by atoms with E-state index >= 15 is 0 Å². The summed E-state index contributed by atoms with van der Waals surface area (Å²) >= 11 is 2.24. The molecule has 40 heavy (non-hydrogen) atoms. The number of aliphatic carboxylic acids is 1. The molecule has 1 atom stereocenters. The fraction of sp³-hybridized carbons (Fsp3) is 0.333. The quantitative estimate of drug-likeness (QED) is 0.181. The van der Waals surface area contributed by atoms with Crippen molar-refractivity contribution in [1.82, 2.24) is 13.9 Å². The minimum absolute atomic E-state index is 0.0406. The van der Waals surface area contributed by atoms with E-state index in [0.717, 1.165) is 44.6 Å². The normalized spacial score (nSPS) is 15.6. The summed E-state index contributed by atoms with van der Waals surface area (Å²) in [5, 5.41) is 10.6. The van der Waals surface area contributed by atoms with Crippen LogP contribution in [-0.4, -0.2) is 66.9 Å². The zero-order valence-electron chi connectivity index (χ0n) is 23.3. The minimum Gasteiger partial charge on any atom is -0.496 e. The Labute approximate surface area is 255 Å². The summed E-state index contributed by atoms with van der Waals surface area (Å²) in [5.41, 5.74) is 5.27. The average molecular weight is 694 g/mol. The molecule has 0 bridgehead atoms. The number of ether oxygens (including phenoxy) is 1. The van der Waals surface area contributed by atoms with E-state index in [0.29, 0.717) is 24.6 Å². The number of methoxy groups -OCH3 is 1. The van der Waals surface area contributed by atoms with Gasteiger partial charge in [-0.3, -0.25) is 17.9 Å².